The largest absolute Gasteiger partial charge is 0.339 e. The van der Waals surface area contributed by atoms with Crippen LogP contribution in [0, 0.1) is 0 Å². The first-order valence-electron chi connectivity index (χ1n) is 7.68. The third kappa shape index (κ3) is 2.86. The fraction of sp³-hybridized carbons (Fsp3) is 0.667. The highest BCUT2D eigenvalue weighted by Crippen LogP contribution is 2.23. The minimum absolute atomic E-state index is 0.174. The molecule has 0 radical (unpaired) electrons. The van der Waals surface area contributed by atoms with Crippen molar-refractivity contribution in [3.8, 4) is 0 Å². The van der Waals surface area contributed by atoms with Gasteiger partial charge in [-0.05, 0) is 12.8 Å². The molecule has 3 rings (SSSR count). The SMILES string of the molecule is CN(C(=O)c1cnc2n(c1=O)CCS2)C1CCCCCC1. The van der Waals surface area contributed by atoms with E-state index in [9.17, 15) is 9.59 Å². The molecule has 1 fully saturated rings. The highest BCUT2D eigenvalue weighted by molar-refractivity contribution is 7.99. The predicted molar refractivity (Wildman–Crippen MR) is 82.8 cm³/mol. The van der Waals surface area contributed by atoms with Crippen LogP contribution in [-0.2, 0) is 6.54 Å². The van der Waals surface area contributed by atoms with Crippen LogP contribution in [0.25, 0.3) is 0 Å². The van der Waals surface area contributed by atoms with Crippen LogP contribution in [0.15, 0.2) is 16.1 Å². The maximum atomic E-state index is 12.6. The van der Waals surface area contributed by atoms with Gasteiger partial charge in [0, 0.05) is 31.6 Å². The topological polar surface area (TPSA) is 55.2 Å². The van der Waals surface area contributed by atoms with E-state index in [1.807, 2.05) is 7.05 Å². The van der Waals surface area contributed by atoms with E-state index in [1.165, 1.54) is 31.9 Å². The summed E-state index contributed by atoms with van der Waals surface area (Å²) in [5, 5.41) is 0.730. The number of thioether (sulfide) groups is 1. The summed E-state index contributed by atoms with van der Waals surface area (Å²) in [5.74, 6) is 0.685. The summed E-state index contributed by atoms with van der Waals surface area (Å²) in [4.78, 5) is 31.1. The van der Waals surface area contributed by atoms with Crippen LogP contribution >= 0.6 is 11.8 Å². The van der Waals surface area contributed by atoms with Crippen molar-refractivity contribution in [2.45, 2.75) is 56.3 Å². The molecule has 0 aromatic carbocycles. The molecule has 21 heavy (non-hydrogen) atoms. The van der Waals surface area contributed by atoms with Gasteiger partial charge in [0.05, 0.1) is 0 Å². The number of amides is 1. The predicted octanol–water partition coefficient (Wildman–Crippen LogP) is 2.14. The van der Waals surface area contributed by atoms with Crippen molar-refractivity contribution < 1.29 is 4.79 Å². The zero-order valence-electron chi connectivity index (χ0n) is 12.4. The van der Waals surface area contributed by atoms with E-state index in [4.69, 9.17) is 0 Å². The van der Waals surface area contributed by atoms with E-state index in [1.54, 1.807) is 21.2 Å². The van der Waals surface area contributed by atoms with Crippen molar-refractivity contribution in [2.75, 3.05) is 12.8 Å². The number of fused-ring (bicyclic) bond motifs is 1. The first-order chi connectivity index (χ1) is 10.2. The molecular formula is C15H21N3O2S. The molecule has 1 aliphatic heterocycles. The Morgan fingerprint density at radius 1 is 1.33 bits per heavy atom. The summed E-state index contributed by atoms with van der Waals surface area (Å²) in [7, 11) is 1.82. The van der Waals surface area contributed by atoms with Crippen LogP contribution in [-0.4, -0.2) is 39.2 Å². The van der Waals surface area contributed by atoms with E-state index in [0.29, 0.717) is 6.54 Å². The van der Waals surface area contributed by atoms with Gasteiger partial charge in [-0.2, -0.15) is 0 Å². The molecule has 2 heterocycles. The molecule has 0 bridgehead atoms. The standard InChI is InChI=1S/C15H21N3O2S/c1-17(11-6-4-2-3-5-7-11)13(19)12-10-16-15-18(14(12)20)8-9-21-15/h10-11H,2-9H2,1H3. The van der Waals surface area contributed by atoms with E-state index < -0.39 is 0 Å². The Hall–Kier alpha value is -1.30. The summed E-state index contributed by atoms with van der Waals surface area (Å²) in [6, 6.07) is 0.257. The lowest BCUT2D eigenvalue weighted by atomic mass is 10.1. The maximum absolute atomic E-state index is 12.6. The van der Waals surface area contributed by atoms with Crippen molar-refractivity contribution in [1.29, 1.82) is 0 Å². The minimum Gasteiger partial charge on any atom is -0.339 e. The second kappa shape index (κ2) is 6.22. The molecule has 1 aliphatic carbocycles. The Balaban J connectivity index is 1.83. The number of carbonyl (C=O) groups excluding carboxylic acids is 1. The Labute approximate surface area is 128 Å². The van der Waals surface area contributed by atoms with Crippen LogP contribution in [0.2, 0.25) is 0 Å². The third-order valence-electron chi connectivity index (χ3n) is 4.48. The van der Waals surface area contributed by atoms with E-state index in [-0.39, 0.29) is 23.1 Å². The fourth-order valence-corrected chi connectivity index (χ4v) is 4.08. The summed E-state index contributed by atoms with van der Waals surface area (Å²) < 4.78 is 1.62. The van der Waals surface area contributed by atoms with Gasteiger partial charge in [-0.1, -0.05) is 37.4 Å². The molecule has 1 aromatic rings. The van der Waals surface area contributed by atoms with Crippen LogP contribution in [0.4, 0.5) is 0 Å². The van der Waals surface area contributed by atoms with Crippen molar-refractivity contribution in [3.63, 3.8) is 0 Å². The van der Waals surface area contributed by atoms with Crippen molar-refractivity contribution >= 4 is 17.7 Å². The maximum Gasteiger partial charge on any atom is 0.267 e. The van der Waals surface area contributed by atoms with E-state index in [2.05, 4.69) is 4.98 Å². The fourth-order valence-electron chi connectivity index (χ4n) is 3.17. The van der Waals surface area contributed by atoms with Gasteiger partial charge < -0.3 is 4.90 Å². The minimum atomic E-state index is -0.185. The number of rotatable bonds is 2. The molecule has 0 unspecified atom stereocenters. The zero-order valence-corrected chi connectivity index (χ0v) is 13.2. The van der Waals surface area contributed by atoms with Gasteiger partial charge in [0.25, 0.3) is 11.5 Å². The lowest BCUT2D eigenvalue weighted by Crippen LogP contribution is -2.40. The van der Waals surface area contributed by atoms with Gasteiger partial charge in [0.15, 0.2) is 5.16 Å². The molecular weight excluding hydrogens is 286 g/mol. The Morgan fingerprint density at radius 2 is 2.05 bits per heavy atom. The molecule has 0 spiro atoms. The van der Waals surface area contributed by atoms with Crippen LogP contribution in [0.5, 0.6) is 0 Å². The summed E-state index contributed by atoms with van der Waals surface area (Å²) >= 11 is 1.57. The third-order valence-corrected chi connectivity index (χ3v) is 5.45. The molecule has 2 aliphatic rings. The average molecular weight is 307 g/mol. The van der Waals surface area contributed by atoms with Crippen LogP contribution < -0.4 is 5.56 Å². The molecule has 114 valence electrons. The molecule has 0 N–H and O–H groups in total. The summed E-state index contributed by atoms with van der Waals surface area (Å²) in [5.41, 5.74) is 0.0310. The first-order valence-corrected chi connectivity index (χ1v) is 8.67. The Kier molecular flexibility index (Phi) is 4.33. The smallest absolute Gasteiger partial charge is 0.267 e. The van der Waals surface area contributed by atoms with Gasteiger partial charge in [-0.15, -0.1) is 0 Å². The van der Waals surface area contributed by atoms with Crippen molar-refractivity contribution in [1.82, 2.24) is 14.5 Å². The van der Waals surface area contributed by atoms with Crippen LogP contribution in [0.3, 0.4) is 0 Å². The molecule has 1 aromatic heterocycles. The second-order valence-corrected chi connectivity index (χ2v) is 6.88. The van der Waals surface area contributed by atoms with Crippen molar-refractivity contribution in [2.24, 2.45) is 0 Å². The van der Waals surface area contributed by atoms with Gasteiger partial charge in [-0.25, -0.2) is 4.98 Å². The molecule has 0 saturated heterocycles. The molecule has 5 nitrogen and oxygen atoms in total. The van der Waals surface area contributed by atoms with Gasteiger partial charge >= 0.3 is 0 Å². The second-order valence-electron chi connectivity index (χ2n) is 5.82. The monoisotopic (exact) mass is 307 g/mol. The lowest BCUT2D eigenvalue weighted by Gasteiger charge is -2.27. The lowest BCUT2D eigenvalue weighted by molar-refractivity contribution is 0.0714. The number of nitrogens with zero attached hydrogens (tertiary/aromatic N) is 3. The number of hydrogen-bond acceptors (Lipinski definition) is 4. The Morgan fingerprint density at radius 3 is 2.76 bits per heavy atom. The normalized spacial score (nSPS) is 19.1. The number of hydrogen-bond donors (Lipinski definition) is 0. The van der Waals surface area contributed by atoms with Crippen molar-refractivity contribution in [3.05, 3.63) is 22.1 Å². The first kappa shape index (κ1) is 14.6. The van der Waals surface area contributed by atoms with E-state index >= 15 is 0 Å². The van der Waals surface area contributed by atoms with Gasteiger partial charge in [-0.3, -0.25) is 14.2 Å². The molecule has 1 saturated carbocycles. The van der Waals surface area contributed by atoms with Crippen LogP contribution in [0.1, 0.15) is 48.9 Å². The molecule has 1 amide bonds. The van der Waals surface area contributed by atoms with E-state index in [0.717, 1.165) is 23.8 Å². The number of aromatic nitrogens is 2. The Bertz CT molecular complexity index is 591. The quantitative estimate of drug-likeness (QED) is 0.620. The average Bonchev–Trinajstić information content (AvgIpc) is 2.81. The zero-order chi connectivity index (χ0) is 14.8. The number of carbonyl (C=O) groups is 1. The van der Waals surface area contributed by atoms with Gasteiger partial charge in [0.1, 0.15) is 5.56 Å². The summed E-state index contributed by atoms with van der Waals surface area (Å²) in [6.45, 7) is 0.653. The van der Waals surface area contributed by atoms with Gasteiger partial charge in [0.2, 0.25) is 0 Å². The highest BCUT2D eigenvalue weighted by Gasteiger charge is 2.26. The molecule has 6 heteroatoms. The summed E-state index contributed by atoms with van der Waals surface area (Å²) in [6.07, 6.45) is 8.37. The highest BCUT2D eigenvalue weighted by atomic mass is 32.2. The molecule has 0 atom stereocenters.